The zero-order valence-electron chi connectivity index (χ0n) is 10.4. The monoisotopic (exact) mass is 200 g/mol. The fraction of sp³-hybridized carbons (Fsp3) is 1.00. The quantitative estimate of drug-likeness (QED) is 0.730. The molecule has 14 heavy (non-hydrogen) atoms. The Hall–Kier alpha value is -0.0800. The van der Waals surface area contributed by atoms with E-state index < -0.39 is 0 Å². The summed E-state index contributed by atoms with van der Waals surface area (Å²) in [4.78, 5) is 0. The molecular weight excluding hydrogens is 172 g/mol. The lowest BCUT2D eigenvalue weighted by molar-refractivity contribution is 0.0746. The summed E-state index contributed by atoms with van der Waals surface area (Å²) in [6.45, 7) is 8.33. The van der Waals surface area contributed by atoms with E-state index >= 15 is 0 Å². The normalized spacial score (nSPS) is 37.1. The van der Waals surface area contributed by atoms with Crippen LogP contribution in [0.5, 0.6) is 0 Å². The highest BCUT2D eigenvalue weighted by Gasteiger charge is 2.40. The molecule has 0 aromatic rings. The molecule has 0 aromatic heterocycles. The van der Waals surface area contributed by atoms with Gasteiger partial charge in [0.2, 0.25) is 0 Å². The molecule has 1 aliphatic carbocycles. The summed E-state index contributed by atoms with van der Waals surface area (Å²) < 4.78 is 0. The topological polar surface area (TPSA) is 24.1 Å². The highest BCUT2D eigenvalue weighted by Crippen LogP contribution is 2.45. The summed E-state index contributed by atoms with van der Waals surface area (Å²) in [6.07, 6.45) is 3.94. The third-order valence-electron chi connectivity index (χ3n) is 3.46. The number of hydrogen-bond donors (Lipinski definition) is 2. The lowest BCUT2D eigenvalue weighted by Gasteiger charge is -2.46. The average molecular weight is 200 g/mol. The van der Waals surface area contributed by atoms with E-state index in [1.54, 1.807) is 0 Å². The van der Waals surface area contributed by atoms with Gasteiger partial charge in [-0.15, -0.1) is 0 Å². The summed E-state index contributed by atoms with van der Waals surface area (Å²) in [5.74, 6) is 0. The summed E-state index contributed by atoms with van der Waals surface area (Å²) >= 11 is 0. The Balaban J connectivity index is 0.00000196. The van der Waals surface area contributed by atoms with E-state index in [2.05, 4.69) is 45.5 Å². The molecule has 2 unspecified atom stereocenters. The van der Waals surface area contributed by atoms with Gasteiger partial charge in [-0.1, -0.05) is 20.8 Å². The van der Waals surface area contributed by atoms with E-state index in [0.29, 0.717) is 16.9 Å². The Bertz CT molecular complexity index is 194. The van der Waals surface area contributed by atoms with Crippen molar-refractivity contribution in [1.29, 1.82) is 0 Å². The van der Waals surface area contributed by atoms with Crippen LogP contribution in [0.15, 0.2) is 0 Å². The van der Waals surface area contributed by atoms with Crippen LogP contribution in [0.2, 0.25) is 0 Å². The molecule has 2 atom stereocenters. The number of rotatable bonds is 3. The van der Waals surface area contributed by atoms with Gasteiger partial charge in [-0.3, -0.25) is 0 Å². The first-order chi connectivity index (χ1) is 6.41. The van der Waals surface area contributed by atoms with Crippen LogP contribution in [0, 0.1) is 10.8 Å². The van der Waals surface area contributed by atoms with Crippen molar-refractivity contribution in [2.45, 2.75) is 46.1 Å². The van der Waals surface area contributed by atoms with Crippen molar-refractivity contribution in [2.24, 2.45) is 10.8 Å². The lowest BCUT2D eigenvalue weighted by Crippen LogP contribution is -2.47. The van der Waals surface area contributed by atoms with Gasteiger partial charge in [-0.05, 0) is 44.2 Å². The highest BCUT2D eigenvalue weighted by atomic mass is 14.9. The predicted octanol–water partition coefficient (Wildman–Crippen LogP) is 2.26. The molecule has 0 saturated heterocycles. The van der Waals surface area contributed by atoms with Crippen LogP contribution in [0.1, 0.15) is 41.5 Å². The highest BCUT2D eigenvalue weighted by molar-refractivity contribution is 4.94. The second-order valence-corrected chi connectivity index (χ2v) is 6.08. The van der Waals surface area contributed by atoms with Crippen LogP contribution in [-0.2, 0) is 0 Å². The van der Waals surface area contributed by atoms with Crippen LogP contribution in [0.3, 0.4) is 0 Å². The van der Waals surface area contributed by atoms with Gasteiger partial charge in [0, 0.05) is 14.0 Å². The molecule has 1 rings (SSSR count). The molecule has 2 heteroatoms. The van der Waals surface area contributed by atoms with Crippen molar-refractivity contribution in [3.05, 3.63) is 0 Å². The van der Waals surface area contributed by atoms with Crippen LogP contribution in [0.4, 0.5) is 0 Å². The van der Waals surface area contributed by atoms with Gasteiger partial charge in [-0.25, -0.2) is 0 Å². The molecule has 0 aliphatic heterocycles. The zero-order chi connectivity index (χ0) is 10.8. The van der Waals surface area contributed by atoms with E-state index in [4.69, 9.17) is 0 Å². The van der Waals surface area contributed by atoms with Crippen molar-refractivity contribution < 1.29 is 1.43 Å². The third-order valence-corrected chi connectivity index (χ3v) is 3.46. The van der Waals surface area contributed by atoms with E-state index in [1.807, 2.05) is 0 Å². The first kappa shape index (κ1) is 12.0. The van der Waals surface area contributed by atoms with Crippen LogP contribution in [-0.4, -0.2) is 26.7 Å². The lowest BCUT2D eigenvalue weighted by atomic mass is 9.62. The fourth-order valence-corrected chi connectivity index (χ4v) is 3.40. The second kappa shape index (κ2) is 4.19. The maximum Gasteiger partial charge on any atom is 0.00748 e. The van der Waals surface area contributed by atoms with Crippen LogP contribution >= 0.6 is 0 Å². The first-order valence-electron chi connectivity index (χ1n) is 5.73. The minimum absolute atomic E-state index is 0. The van der Waals surface area contributed by atoms with Gasteiger partial charge in [0.05, 0.1) is 0 Å². The molecule has 0 spiro atoms. The van der Waals surface area contributed by atoms with Gasteiger partial charge in [0.25, 0.3) is 0 Å². The van der Waals surface area contributed by atoms with E-state index in [9.17, 15) is 0 Å². The Kier molecular flexibility index (Phi) is 3.59. The van der Waals surface area contributed by atoms with Crippen molar-refractivity contribution in [3.63, 3.8) is 0 Å². The van der Waals surface area contributed by atoms with Crippen molar-refractivity contribution in [2.75, 3.05) is 20.6 Å². The molecule has 2 N–H and O–H groups in total. The smallest absolute Gasteiger partial charge is 0.00748 e. The SMILES string of the molecule is CNCC1(C)CC(NC)CC(C)(C)C1.[HH]. The first-order valence-corrected chi connectivity index (χ1v) is 5.73. The molecule has 0 amide bonds. The van der Waals surface area contributed by atoms with Gasteiger partial charge < -0.3 is 10.6 Å². The van der Waals surface area contributed by atoms with Gasteiger partial charge in [0.15, 0.2) is 0 Å². The fourth-order valence-electron chi connectivity index (χ4n) is 3.40. The molecule has 1 fully saturated rings. The van der Waals surface area contributed by atoms with Crippen LogP contribution < -0.4 is 10.6 Å². The Morgan fingerprint density at radius 3 is 2.36 bits per heavy atom. The molecular formula is C12H28N2. The van der Waals surface area contributed by atoms with Crippen molar-refractivity contribution in [1.82, 2.24) is 10.6 Å². The standard InChI is InChI=1S/C12H26N2.H2/c1-11(2)6-10(14-5)7-12(3,8-11)9-13-4;/h10,13-14H,6-9H2,1-5H3;1H. The summed E-state index contributed by atoms with van der Waals surface area (Å²) in [5.41, 5.74) is 0.946. The summed E-state index contributed by atoms with van der Waals surface area (Å²) in [5, 5.41) is 6.78. The Labute approximate surface area is 90.3 Å². The largest absolute Gasteiger partial charge is 0.319 e. The van der Waals surface area contributed by atoms with Crippen LogP contribution in [0.25, 0.3) is 0 Å². The van der Waals surface area contributed by atoms with Gasteiger partial charge in [-0.2, -0.15) is 0 Å². The molecule has 86 valence electrons. The van der Waals surface area contributed by atoms with Gasteiger partial charge >= 0.3 is 0 Å². The van der Waals surface area contributed by atoms with Crippen molar-refractivity contribution in [3.8, 4) is 0 Å². The maximum atomic E-state index is 3.45. The van der Waals surface area contributed by atoms with Gasteiger partial charge in [0.1, 0.15) is 0 Å². The maximum absolute atomic E-state index is 3.45. The summed E-state index contributed by atoms with van der Waals surface area (Å²) in [7, 11) is 4.15. The number of nitrogens with one attached hydrogen (secondary N) is 2. The third kappa shape index (κ3) is 2.96. The minimum atomic E-state index is 0. The van der Waals surface area contributed by atoms with E-state index in [0.717, 1.165) is 6.54 Å². The molecule has 0 heterocycles. The van der Waals surface area contributed by atoms with Crippen molar-refractivity contribution >= 4 is 0 Å². The Morgan fingerprint density at radius 2 is 1.86 bits per heavy atom. The molecule has 0 bridgehead atoms. The minimum Gasteiger partial charge on any atom is -0.319 e. The average Bonchev–Trinajstić information content (AvgIpc) is 2.00. The molecule has 0 aromatic carbocycles. The predicted molar refractivity (Wildman–Crippen MR) is 64.6 cm³/mol. The van der Waals surface area contributed by atoms with E-state index in [-0.39, 0.29) is 1.43 Å². The molecule has 1 aliphatic rings. The zero-order valence-corrected chi connectivity index (χ0v) is 10.4. The summed E-state index contributed by atoms with van der Waals surface area (Å²) in [6, 6.07) is 0.692. The molecule has 0 radical (unpaired) electrons. The second-order valence-electron chi connectivity index (χ2n) is 6.08. The number of hydrogen-bond acceptors (Lipinski definition) is 2. The Morgan fingerprint density at radius 1 is 1.21 bits per heavy atom. The van der Waals surface area contributed by atoms with E-state index in [1.165, 1.54) is 19.3 Å². The molecule has 2 nitrogen and oxygen atoms in total. The molecule has 1 saturated carbocycles.